The van der Waals surface area contributed by atoms with Crippen LogP contribution >= 0.6 is 0 Å². The van der Waals surface area contributed by atoms with Crippen molar-refractivity contribution in [1.29, 1.82) is 0 Å². The van der Waals surface area contributed by atoms with Crippen molar-refractivity contribution >= 4 is 45.5 Å². The summed E-state index contributed by atoms with van der Waals surface area (Å²) in [7, 11) is 0. The molecule has 0 aliphatic heterocycles. The van der Waals surface area contributed by atoms with Crippen molar-refractivity contribution in [3.63, 3.8) is 0 Å². The molecule has 0 saturated carbocycles. The van der Waals surface area contributed by atoms with E-state index in [9.17, 15) is 24.3 Å². The topological polar surface area (TPSA) is 234 Å². The smallest absolute Gasteiger partial charge is 0.326 e. The minimum atomic E-state index is -1.17. The Labute approximate surface area is 273 Å². The van der Waals surface area contributed by atoms with Gasteiger partial charge in [-0.2, -0.15) is 0 Å². The highest BCUT2D eigenvalue weighted by atomic mass is 16.4. The molecule has 4 atom stereocenters. The number of para-hydroxylation sites is 2. The molecule has 2 aromatic carbocycles. The number of nitrogens with one attached hydrogen (secondary N) is 5. The molecule has 252 valence electrons. The van der Waals surface area contributed by atoms with Gasteiger partial charge < -0.3 is 48.2 Å². The molecule has 0 bridgehead atoms. The number of unbranched alkanes of at least 4 members (excludes halogenated alkanes) is 2. The highest BCUT2D eigenvalue weighted by molar-refractivity contribution is 5.95. The van der Waals surface area contributed by atoms with Crippen LogP contribution in [0.3, 0.4) is 0 Å². The Hall–Kier alpha value is -4.72. The standard InChI is InChI=1S/C34H46N8O5/c35-15-7-5-13-28(32(44)41-29(34(46)47)14-6-8-16-36)40-33(45)30(18-22-20-39-27-12-4-2-10-24(22)27)42-31(43)25(37)17-21-19-38-26-11-3-1-9-23(21)26/h1-4,9-12,19-20,25,28-30,38-39H,5-8,13-18,35-37H2,(H,40,45)(H,41,44)(H,42,43)(H,46,47)/t25-,28-,29-,30-/m0/s1. The Balaban J connectivity index is 1.53. The normalized spacial score (nSPS) is 13.9. The average Bonchev–Trinajstić information content (AvgIpc) is 3.67. The first kappa shape index (κ1) is 35.1. The van der Waals surface area contributed by atoms with E-state index >= 15 is 0 Å². The highest BCUT2D eigenvalue weighted by Crippen LogP contribution is 2.21. The van der Waals surface area contributed by atoms with E-state index < -0.39 is 47.9 Å². The molecule has 0 aliphatic carbocycles. The number of H-pyrrole nitrogens is 2. The molecular weight excluding hydrogens is 600 g/mol. The number of aromatic nitrogens is 2. The van der Waals surface area contributed by atoms with Crippen LogP contribution in [0.5, 0.6) is 0 Å². The van der Waals surface area contributed by atoms with Gasteiger partial charge in [0.15, 0.2) is 0 Å². The number of carbonyl (C=O) groups is 4. The van der Waals surface area contributed by atoms with Crippen molar-refractivity contribution in [3.05, 3.63) is 72.1 Å². The van der Waals surface area contributed by atoms with Crippen molar-refractivity contribution in [2.24, 2.45) is 17.2 Å². The third kappa shape index (κ3) is 9.64. The zero-order chi connectivity index (χ0) is 33.8. The first-order valence-corrected chi connectivity index (χ1v) is 16.1. The lowest BCUT2D eigenvalue weighted by molar-refractivity contribution is -0.142. The van der Waals surface area contributed by atoms with Crippen molar-refractivity contribution in [2.75, 3.05) is 13.1 Å². The lowest BCUT2D eigenvalue weighted by Crippen LogP contribution is -2.57. The fourth-order valence-corrected chi connectivity index (χ4v) is 5.69. The van der Waals surface area contributed by atoms with Gasteiger partial charge in [-0.25, -0.2) is 4.79 Å². The van der Waals surface area contributed by atoms with E-state index in [2.05, 4.69) is 25.9 Å². The molecule has 47 heavy (non-hydrogen) atoms. The van der Waals surface area contributed by atoms with E-state index in [1.807, 2.05) is 54.7 Å². The number of aromatic amines is 2. The van der Waals surface area contributed by atoms with Crippen LogP contribution in [0.4, 0.5) is 0 Å². The number of hydrogen-bond donors (Lipinski definition) is 9. The lowest BCUT2D eigenvalue weighted by atomic mass is 10.0. The van der Waals surface area contributed by atoms with Crippen LogP contribution in [0, 0.1) is 0 Å². The first-order chi connectivity index (χ1) is 22.7. The Bertz CT molecular complexity index is 1650. The SMILES string of the molecule is NCCCC[C@H](NC(=O)[C@H](CCCCN)NC(=O)[C@H](Cc1c[nH]c2ccccc12)NC(=O)[C@@H](N)Cc1c[nH]c2ccccc12)C(=O)O. The van der Waals surface area contributed by atoms with Gasteiger partial charge in [0.25, 0.3) is 0 Å². The van der Waals surface area contributed by atoms with Gasteiger partial charge in [0.2, 0.25) is 17.7 Å². The zero-order valence-electron chi connectivity index (χ0n) is 26.5. The van der Waals surface area contributed by atoms with Crippen molar-refractivity contribution in [3.8, 4) is 0 Å². The molecule has 0 saturated heterocycles. The molecule has 13 nitrogen and oxygen atoms in total. The number of rotatable bonds is 19. The Morgan fingerprint density at radius 3 is 1.66 bits per heavy atom. The van der Waals surface area contributed by atoms with Crippen molar-refractivity contribution < 1.29 is 24.3 Å². The van der Waals surface area contributed by atoms with E-state index in [0.29, 0.717) is 38.8 Å². The van der Waals surface area contributed by atoms with Crippen LogP contribution < -0.4 is 33.2 Å². The summed E-state index contributed by atoms with van der Waals surface area (Å²) in [6, 6.07) is 11.1. The molecule has 4 aromatic rings. The molecule has 13 heteroatoms. The molecule has 2 heterocycles. The van der Waals surface area contributed by atoms with Gasteiger partial charge in [-0.3, -0.25) is 14.4 Å². The number of nitrogens with two attached hydrogens (primary N) is 3. The molecule has 3 amide bonds. The predicted molar refractivity (Wildman–Crippen MR) is 181 cm³/mol. The Morgan fingerprint density at radius 2 is 1.11 bits per heavy atom. The second kappa shape index (κ2) is 17.3. The molecule has 0 unspecified atom stereocenters. The molecule has 4 rings (SSSR count). The van der Waals surface area contributed by atoms with Gasteiger partial charge in [-0.15, -0.1) is 0 Å². The van der Waals surface area contributed by atoms with Gasteiger partial charge in [0, 0.05) is 40.6 Å². The van der Waals surface area contributed by atoms with E-state index in [-0.39, 0.29) is 25.7 Å². The van der Waals surface area contributed by atoms with Crippen LogP contribution in [0.1, 0.15) is 49.7 Å². The van der Waals surface area contributed by atoms with Crippen LogP contribution in [0.15, 0.2) is 60.9 Å². The van der Waals surface area contributed by atoms with Crippen molar-refractivity contribution in [2.45, 2.75) is 75.5 Å². The number of benzene rings is 2. The van der Waals surface area contributed by atoms with Gasteiger partial charge in [0.1, 0.15) is 18.1 Å². The minimum absolute atomic E-state index is 0.120. The second-order valence-electron chi connectivity index (χ2n) is 11.8. The van der Waals surface area contributed by atoms with Gasteiger partial charge >= 0.3 is 5.97 Å². The summed E-state index contributed by atoms with van der Waals surface area (Å²) in [6.45, 7) is 0.805. The third-order valence-corrected chi connectivity index (χ3v) is 8.32. The molecular formula is C34H46N8O5. The molecule has 0 radical (unpaired) electrons. The van der Waals surface area contributed by atoms with Crippen LogP contribution in [0.2, 0.25) is 0 Å². The average molecular weight is 647 g/mol. The van der Waals surface area contributed by atoms with E-state index in [4.69, 9.17) is 17.2 Å². The number of hydrogen-bond acceptors (Lipinski definition) is 7. The number of carboxylic acid groups (broad SMARTS) is 1. The van der Waals surface area contributed by atoms with Crippen LogP contribution in [-0.2, 0) is 32.0 Å². The summed E-state index contributed by atoms with van der Waals surface area (Å²) >= 11 is 0. The predicted octanol–water partition coefficient (Wildman–Crippen LogP) is 1.56. The fraction of sp³-hybridized carbons (Fsp3) is 0.412. The maximum absolute atomic E-state index is 13.9. The summed E-state index contributed by atoms with van der Waals surface area (Å²) in [5, 5.41) is 19.7. The Kier molecular flexibility index (Phi) is 12.9. The summed E-state index contributed by atoms with van der Waals surface area (Å²) in [5.74, 6) is -2.91. The van der Waals surface area contributed by atoms with Crippen molar-refractivity contribution in [1.82, 2.24) is 25.9 Å². The quantitative estimate of drug-likeness (QED) is 0.0677. The monoisotopic (exact) mass is 646 g/mol. The second-order valence-corrected chi connectivity index (χ2v) is 11.8. The minimum Gasteiger partial charge on any atom is -0.480 e. The summed E-state index contributed by atoms with van der Waals surface area (Å²) in [4.78, 5) is 59.1. The van der Waals surface area contributed by atoms with Crippen LogP contribution in [0.25, 0.3) is 21.8 Å². The summed E-state index contributed by atoms with van der Waals surface area (Å²) in [5.41, 5.74) is 21.1. The largest absolute Gasteiger partial charge is 0.480 e. The third-order valence-electron chi connectivity index (χ3n) is 8.32. The highest BCUT2D eigenvalue weighted by Gasteiger charge is 2.31. The van der Waals surface area contributed by atoms with E-state index in [0.717, 1.165) is 32.9 Å². The van der Waals surface area contributed by atoms with E-state index in [1.165, 1.54) is 0 Å². The van der Waals surface area contributed by atoms with Gasteiger partial charge in [0.05, 0.1) is 6.04 Å². The van der Waals surface area contributed by atoms with Gasteiger partial charge in [-0.1, -0.05) is 36.4 Å². The molecule has 0 fully saturated rings. The summed E-state index contributed by atoms with van der Waals surface area (Å²) < 4.78 is 0. The maximum Gasteiger partial charge on any atom is 0.326 e. The molecule has 12 N–H and O–H groups in total. The number of aliphatic carboxylic acids is 1. The van der Waals surface area contributed by atoms with E-state index in [1.54, 1.807) is 6.20 Å². The maximum atomic E-state index is 13.9. The summed E-state index contributed by atoms with van der Waals surface area (Å²) in [6.07, 6.45) is 6.67. The molecule has 2 aromatic heterocycles. The zero-order valence-corrected chi connectivity index (χ0v) is 26.5. The number of carbonyl (C=O) groups excluding carboxylic acids is 3. The lowest BCUT2D eigenvalue weighted by Gasteiger charge is -2.25. The molecule has 0 spiro atoms. The molecule has 0 aliphatic rings. The number of amides is 3. The number of fused-ring (bicyclic) bond motifs is 2. The van der Waals surface area contributed by atoms with Gasteiger partial charge in [-0.05, 0) is 81.3 Å². The Morgan fingerprint density at radius 1 is 0.638 bits per heavy atom. The fourth-order valence-electron chi connectivity index (χ4n) is 5.69. The van der Waals surface area contributed by atoms with Crippen LogP contribution in [-0.4, -0.2) is 76.0 Å². The first-order valence-electron chi connectivity index (χ1n) is 16.1. The number of carboxylic acids is 1.